The number of nitrogens with zero attached hydrogens (tertiary/aromatic N) is 2. The first-order chi connectivity index (χ1) is 9.55. The largest absolute Gasteiger partial charge is 0.325 e. The Kier molecular flexibility index (Phi) is 4.08. The summed E-state index contributed by atoms with van der Waals surface area (Å²) in [7, 11) is 0. The summed E-state index contributed by atoms with van der Waals surface area (Å²) in [4.78, 5) is 16.0. The summed E-state index contributed by atoms with van der Waals surface area (Å²) in [6.07, 6.45) is 0. The number of rotatable bonds is 3. The summed E-state index contributed by atoms with van der Waals surface area (Å²) in [5.74, 6) is -1.00. The van der Waals surface area contributed by atoms with Crippen molar-refractivity contribution in [3.8, 4) is 6.07 Å². The van der Waals surface area contributed by atoms with Crippen molar-refractivity contribution in [3.63, 3.8) is 0 Å². The molecule has 2 aromatic rings. The maximum atomic E-state index is 13.6. The first-order valence-electron chi connectivity index (χ1n) is 5.71. The van der Waals surface area contributed by atoms with Gasteiger partial charge in [0.15, 0.2) is 0 Å². The van der Waals surface area contributed by atoms with Gasteiger partial charge in [-0.25, -0.2) is 9.37 Å². The van der Waals surface area contributed by atoms with Gasteiger partial charge in [-0.1, -0.05) is 0 Å². The molecule has 3 N–H and O–H groups in total. The number of halogens is 1. The van der Waals surface area contributed by atoms with Crippen LogP contribution in [0.15, 0.2) is 17.5 Å². The Bertz CT molecular complexity index is 705. The smallest absolute Gasteiger partial charge is 0.275 e. The lowest BCUT2D eigenvalue weighted by Gasteiger charge is -2.08. The minimum atomic E-state index is -0.541. The Morgan fingerprint density at radius 2 is 2.35 bits per heavy atom. The summed E-state index contributed by atoms with van der Waals surface area (Å²) < 4.78 is 13.6. The lowest BCUT2D eigenvalue weighted by molar-refractivity contribution is 0.102. The number of benzene rings is 1. The fourth-order valence-electron chi connectivity index (χ4n) is 1.57. The molecule has 20 heavy (non-hydrogen) atoms. The zero-order valence-electron chi connectivity index (χ0n) is 10.6. The number of nitrogens with one attached hydrogen (secondary N) is 1. The highest BCUT2D eigenvalue weighted by molar-refractivity contribution is 7.09. The Labute approximate surface area is 118 Å². The molecule has 0 saturated carbocycles. The third-order valence-corrected chi connectivity index (χ3v) is 3.55. The highest BCUT2D eigenvalue weighted by atomic mass is 32.1. The molecule has 0 unspecified atom stereocenters. The van der Waals surface area contributed by atoms with Gasteiger partial charge in [0.05, 0.1) is 11.6 Å². The van der Waals surface area contributed by atoms with Gasteiger partial charge < -0.3 is 11.1 Å². The first-order valence-corrected chi connectivity index (χ1v) is 6.59. The molecule has 102 valence electrons. The average molecular weight is 290 g/mol. The number of hydrogen-bond donors (Lipinski definition) is 2. The molecular formula is C13H11FN4OS. The van der Waals surface area contributed by atoms with Crippen molar-refractivity contribution in [1.82, 2.24) is 4.98 Å². The first kappa shape index (κ1) is 14.1. The van der Waals surface area contributed by atoms with E-state index >= 15 is 0 Å². The molecule has 0 aliphatic carbocycles. The van der Waals surface area contributed by atoms with Crippen LogP contribution in [0.4, 0.5) is 10.1 Å². The zero-order valence-corrected chi connectivity index (χ0v) is 11.4. The van der Waals surface area contributed by atoms with Crippen LogP contribution < -0.4 is 11.1 Å². The Hall–Kier alpha value is -2.30. The van der Waals surface area contributed by atoms with Crippen molar-refractivity contribution in [1.29, 1.82) is 5.26 Å². The van der Waals surface area contributed by atoms with Gasteiger partial charge in [-0.15, -0.1) is 11.3 Å². The highest BCUT2D eigenvalue weighted by Gasteiger charge is 2.14. The fraction of sp³-hybridized carbons (Fsp3) is 0.154. The molecule has 0 radical (unpaired) electrons. The molecule has 0 aliphatic rings. The summed E-state index contributed by atoms with van der Waals surface area (Å²) in [6, 6.07) is 4.39. The fourth-order valence-corrected chi connectivity index (χ4v) is 2.22. The van der Waals surface area contributed by atoms with Crippen LogP contribution in [0.1, 0.15) is 26.6 Å². The summed E-state index contributed by atoms with van der Waals surface area (Å²) >= 11 is 1.28. The van der Waals surface area contributed by atoms with Crippen LogP contribution in [0.3, 0.4) is 0 Å². The standard InChI is InChI=1S/C13H11FN4OS/c1-7-9(14)2-8(4-15)3-10(7)18-13(19)11-6-20-12(5-16)17-11/h2-3,6H,5,16H2,1H3,(H,18,19). The summed E-state index contributed by atoms with van der Waals surface area (Å²) in [5.41, 5.74) is 6.32. The second-order valence-corrected chi connectivity index (χ2v) is 4.97. The quantitative estimate of drug-likeness (QED) is 0.906. The second-order valence-electron chi connectivity index (χ2n) is 4.03. The van der Waals surface area contributed by atoms with Gasteiger partial charge in [0.25, 0.3) is 5.91 Å². The molecule has 7 heteroatoms. The topological polar surface area (TPSA) is 91.8 Å². The van der Waals surface area contributed by atoms with Crippen LogP contribution in [-0.2, 0) is 6.54 Å². The van der Waals surface area contributed by atoms with Gasteiger partial charge >= 0.3 is 0 Å². The minimum absolute atomic E-state index is 0.143. The molecule has 0 fully saturated rings. The molecule has 0 bridgehead atoms. The molecular weight excluding hydrogens is 279 g/mol. The van der Waals surface area contributed by atoms with E-state index in [1.807, 2.05) is 6.07 Å². The molecule has 0 spiro atoms. The van der Waals surface area contributed by atoms with E-state index in [0.29, 0.717) is 5.01 Å². The third kappa shape index (κ3) is 2.82. The molecule has 2 rings (SSSR count). The van der Waals surface area contributed by atoms with Crippen molar-refractivity contribution in [3.05, 3.63) is 45.2 Å². The van der Waals surface area contributed by atoms with Crippen LogP contribution in [0.2, 0.25) is 0 Å². The molecule has 0 aliphatic heterocycles. The normalized spacial score (nSPS) is 10.1. The molecule has 5 nitrogen and oxygen atoms in total. The van der Waals surface area contributed by atoms with Gasteiger partial charge in [-0.3, -0.25) is 4.79 Å². The van der Waals surface area contributed by atoms with Crippen LogP contribution in [0.25, 0.3) is 0 Å². The van der Waals surface area contributed by atoms with Gasteiger partial charge in [0.1, 0.15) is 16.5 Å². The predicted molar refractivity (Wildman–Crippen MR) is 73.8 cm³/mol. The van der Waals surface area contributed by atoms with E-state index in [1.165, 1.54) is 24.3 Å². The minimum Gasteiger partial charge on any atom is -0.325 e. The number of amides is 1. The maximum absolute atomic E-state index is 13.6. The van der Waals surface area contributed by atoms with E-state index in [4.69, 9.17) is 11.0 Å². The lowest BCUT2D eigenvalue weighted by atomic mass is 10.1. The van der Waals surface area contributed by atoms with Gasteiger partial charge in [0, 0.05) is 23.2 Å². The lowest BCUT2D eigenvalue weighted by Crippen LogP contribution is -2.14. The van der Waals surface area contributed by atoms with Crippen molar-refractivity contribution in [2.24, 2.45) is 5.73 Å². The monoisotopic (exact) mass is 290 g/mol. The van der Waals surface area contributed by atoms with E-state index < -0.39 is 11.7 Å². The third-order valence-electron chi connectivity index (χ3n) is 2.68. The predicted octanol–water partition coefficient (Wildman–Crippen LogP) is 2.17. The Morgan fingerprint density at radius 3 is 2.95 bits per heavy atom. The number of aromatic nitrogens is 1. The number of nitriles is 1. The summed E-state index contributed by atoms with van der Waals surface area (Å²) in [5, 5.41) is 13.6. The van der Waals surface area contributed by atoms with Crippen molar-refractivity contribution in [2.45, 2.75) is 13.5 Å². The van der Waals surface area contributed by atoms with E-state index in [2.05, 4.69) is 10.3 Å². The van der Waals surface area contributed by atoms with E-state index in [1.54, 1.807) is 5.38 Å². The molecule has 0 atom stereocenters. The number of carbonyl (C=O) groups excluding carboxylic acids is 1. The number of hydrogen-bond acceptors (Lipinski definition) is 5. The van der Waals surface area contributed by atoms with Crippen molar-refractivity contribution < 1.29 is 9.18 Å². The van der Waals surface area contributed by atoms with Crippen LogP contribution >= 0.6 is 11.3 Å². The second kappa shape index (κ2) is 5.77. The van der Waals surface area contributed by atoms with Crippen molar-refractivity contribution in [2.75, 3.05) is 5.32 Å². The molecule has 1 heterocycles. The number of nitrogens with two attached hydrogens (primary N) is 1. The van der Waals surface area contributed by atoms with E-state index in [0.717, 1.165) is 6.07 Å². The Balaban J connectivity index is 2.28. The van der Waals surface area contributed by atoms with Gasteiger partial charge in [-0.05, 0) is 19.1 Å². The number of anilines is 1. The molecule has 1 aromatic heterocycles. The number of carbonyl (C=O) groups is 1. The SMILES string of the molecule is Cc1c(F)cc(C#N)cc1NC(=O)c1csc(CN)n1. The highest BCUT2D eigenvalue weighted by Crippen LogP contribution is 2.21. The van der Waals surface area contributed by atoms with Crippen LogP contribution in [0, 0.1) is 24.1 Å². The number of thiazole rings is 1. The molecule has 0 saturated heterocycles. The average Bonchev–Trinajstić information content (AvgIpc) is 2.92. The summed E-state index contributed by atoms with van der Waals surface area (Å²) in [6.45, 7) is 1.79. The van der Waals surface area contributed by atoms with E-state index in [9.17, 15) is 9.18 Å². The zero-order chi connectivity index (χ0) is 14.7. The van der Waals surface area contributed by atoms with Gasteiger partial charge in [0.2, 0.25) is 0 Å². The maximum Gasteiger partial charge on any atom is 0.275 e. The molecule has 1 amide bonds. The van der Waals surface area contributed by atoms with Gasteiger partial charge in [-0.2, -0.15) is 5.26 Å². The molecule has 1 aromatic carbocycles. The Morgan fingerprint density at radius 1 is 1.60 bits per heavy atom. The van der Waals surface area contributed by atoms with Crippen molar-refractivity contribution >= 4 is 22.9 Å². The van der Waals surface area contributed by atoms with Crippen LogP contribution in [-0.4, -0.2) is 10.9 Å². The van der Waals surface area contributed by atoms with Crippen LogP contribution in [0.5, 0.6) is 0 Å². The van der Waals surface area contributed by atoms with E-state index in [-0.39, 0.29) is 29.1 Å².